The first kappa shape index (κ1) is 18.1. The zero-order chi connectivity index (χ0) is 19.1. The van der Waals surface area contributed by atoms with Crippen LogP contribution in [0.15, 0.2) is 53.4 Å². The second kappa shape index (κ2) is 6.70. The Morgan fingerprint density at radius 2 is 1.93 bits per heavy atom. The molecule has 2 heterocycles. The molecule has 1 fully saturated rings. The summed E-state index contributed by atoms with van der Waals surface area (Å²) >= 11 is 0. The third-order valence-electron chi connectivity index (χ3n) is 5.10. The molecule has 2 aliphatic rings. The summed E-state index contributed by atoms with van der Waals surface area (Å²) in [5.74, 6) is -0.629. The summed E-state index contributed by atoms with van der Waals surface area (Å²) in [5, 5.41) is 3.22. The van der Waals surface area contributed by atoms with Crippen molar-refractivity contribution in [3.05, 3.63) is 59.9 Å². The van der Waals surface area contributed by atoms with Gasteiger partial charge in [0.05, 0.1) is 11.2 Å². The number of piperidine rings is 1. The number of fused-ring (bicyclic) bond motifs is 1. The molecule has 0 saturated carbocycles. The van der Waals surface area contributed by atoms with E-state index in [4.69, 9.17) is 0 Å². The second-order valence-corrected chi connectivity index (χ2v) is 8.72. The van der Waals surface area contributed by atoms with Crippen LogP contribution in [0.2, 0.25) is 0 Å². The molecule has 2 N–H and O–H groups in total. The van der Waals surface area contributed by atoms with Gasteiger partial charge in [-0.25, -0.2) is 4.39 Å². The molecule has 142 valence electrons. The molecule has 1 spiro atoms. The maximum absolute atomic E-state index is 13.1. The maximum atomic E-state index is 13.1. The number of hydrogen-bond acceptors (Lipinski definition) is 4. The Kier molecular flexibility index (Phi) is 4.49. The van der Waals surface area contributed by atoms with Gasteiger partial charge in [0.15, 0.2) is 15.3 Å². The van der Waals surface area contributed by atoms with E-state index in [1.54, 1.807) is 29.2 Å². The molecule has 8 heteroatoms. The molecule has 2 aromatic rings. The minimum absolute atomic E-state index is 0.212. The number of nitrogens with zero attached hydrogens (tertiary/aromatic N) is 1. The first-order valence-corrected chi connectivity index (χ1v) is 10.3. The smallest absolute Gasteiger partial charge is 0.253 e. The molecule has 2 aliphatic heterocycles. The molecule has 4 rings (SSSR count). The Balaban J connectivity index is 1.60. The fourth-order valence-electron chi connectivity index (χ4n) is 3.80. The Bertz CT molecular complexity index is 921. The van der Waals surface area contributed by atoms with E-state index in [1.807, 2.05) is 0 Å². The largest absolute Gasteiger partial charge is 0.593 e. The summed E-state index contributed by atoms with van der Waals surface area (Å²) in [5.41, 5.74) is 0.163. The van der Waals surface area contributed by atoms with E-state index in [9.17, 15) is 17.9 Å². The van der Waals surface area contributed by atoms with Gasteiger partial charge in [0.25, 0.3) is 5.91 Å². The summed E-state index contributed by atoms with van der Waals surface area (Å²) < 4.78 is 41.7. The van der Waals surface area contributed by atoms with Gasteiger partial charge in [-0.1, -0.05) is 16.3 Å². The summed E-state index contributed by atoms with van der Waals surface area (Å²) in [7, 11) is -3.71. The van der Waals surface area contributed by atoms with Crippen LogP contribution in [0.5, 0.6) is 0 Å². The summed E-state index contributed by atoms with van der Waals surface area (Å²) in [6.45, 7) is 1.17. The number of hydrogen-bond donors (Lipinski definition) is 2. The minimum Gasteiger partial charge on any atom is -0.593 e. The number of para-hydroxylation sites is 1. The normalized spacial score (nSPS) is 27.6. The fourth-order valence-corrected chi connectivity index (χ4v) is 5.40. The monoisotopic (exact) mass is 389 g/mol. The topological polar surface area (TPSA) is 84.5 Å². The van der Waals surface area contributed by atoms with Gasteiger partial charge in [-0.05, 0) is 49.2 Å². The van der Waals surface area contributed by atoms with Gasteiger partial charge in [-0.2, -0.15) is 0 Å². The molecular formula is C19H20FN3O3S. The van der Waals surface area contributed by atoms with Crippen molar-refractivity contribution in [2.45, 2.75) is 23.3 Å². The number of rotatable bonds is 1. The van der Waals surface area contributed by atoms with Crippen LogP contribution in [0, 0.1) is 5.82 Å². The molecule has 2 atom stereocenters. The van der Waals surface area contributed by atoms with Crippen LogP contribution in [0.4, 0.5) is 10.1 Å². The highest BCUT2D eigenvalue weighted by atomic mass is 32.3. The zero-order valence-electron chi connectivity index (χ0n) is 14.6. The number of carbonyl (C=O) groups is 1. The lowest BCUT2D eigenvalue weighted by Crippen LogP contribution is -2.63. The third-order valence-corrected chi connectivity index (χ3v) is 6.74. The van der Waals surface area contributed by atoms with Crippen molar-refractivity contribution < 1.29 is 17.9 Å². The summed E-state index contributed by atoms with van der Waals surface area (Å²) in [4.78, 5) is 14.7. The number of amides is 1. The molecule has 2 aromatic carbocycles. The fraction of sp³-hybridized carbons (Fsp3) is 0.316. The van der Waals surface area contributed by atoms with E-state index in [2.05, 4.69) is 10.0 Å². The highest BCUT2D eigenvalue weighted by molar-refractivity contribution is 7.96. The van der Waals surface area contributed by atoms with E-state index < -0.39 is 21.8 Å². The van der Waals surface area contributed by atoms with Crippen molar-refractivity contribution in [3.63, 3.8) is 0 Å². The van der Waals surface area contributed by atoms with Crippen LogP contribution in [0.25, 0.3) is 0 Å². The lowest BCUT2D eigenvalue weighted by molar-refractivity contribution is 0.0636. The first-order valence-electron chi connectivity index (χ1n) is 8.80. The van der Waals surface area contributed by atoms with E-state index >= 15 is 0 Å². The van der Waals surface area contributed by atoms with Crippen molar-refractivity contribution >= 4 is 22.0 Å². The van der Waals surface area contributed by atoms with E-state index in [1.165, 1.54) is 24.3 Å². The SMILES string of the molecule is O=C(c1ccc(F)cc1)N1CCCC2(CNc3ccccc3[S+](=O)([O-])N2)C1. The lowest BCUT2D eigenvalue weighted by Gasteiger charge is -2.42. The van der Waals surface area contributed by atoms with Gasteiger partial charge in [0.2, 0.25) is 0 Å². The van der Waals surface area contributed by atoms with Gasteiger partial charge in [0.1, 0.15) is 5.82 Å². The molecule has 2 unspecified atom stereocenters. The summed E-state index contributed by atoms with van der Waals surface area (Å²) in [6.07, 6.45) is 1.30. The highest BCUT2D eigenvalue weighted by Gasteiger charge is 2.45. The van der Waals surface area contributed by atoms with Gasteiger partial charge < -0.3 is 14.8 Å². The predicted octanol–water partition coefficient (Wildman–Crippen LogP) is 2.42. The van der Waals surface area contributed by atoms with Gasteiger partial charge in [-0.3, -0.25) is 4.79 Å². The molecule has 0 bridgehead atoms. The lowest BCUT2D eigenvalue weighted by atomic mass is 9.89. The average molecular weight is 389 g/mol. The third kappa shape index (κ3) is 3.47. The zero-order valence-corrected chi connectivity index (χ0v) is 15.4. The van der Waals surface area contributed by atoms with E-state index in [0.717, 1.165) is 0 Å². The molecule has 0 aliphatic carbocycles. The number of nitrogens with one attached hydrogen (secondary N) is 2. The highest BCUT2D eigenvalue weighted by Crippen LogP contribution is 2.33. The van der Waals surface area contributed by atoms with Crippen LogP contribution < -0.4 is 10.0 Å². The summed E-state index contributed by atoms with van der Waals surface area (Å²) in [6, 6.07) is 12.2. The Hall–Kier alpha value is -2.29. The van der Waals surface area contributed by atoms with Gasteiger partial charge in [0, 0.05) is 25.2 Å². The average Bonchev–Trinajstić information content (AvgIpc) is 2.76. The van der Waals surface area contributed by atoms with Crippen molar-refractivity contribution in [1.82, 2.24) is 9.62 Å². The Morgan fingerprint density at radius 3 is 2.70 bits per heavy atom. The van der Waals surface area contributed by atoms with Crippen molar-refractivity contribution in [1.29, 1.82) is 0 Å². The maximum Gasteiger partial charge on any atom is 0.253 e. The van der Waals surface area contributed by atoms with Crippen LogP contribution in [0.3, 0.4) is 0 Å². The van der Waals surface area contributed by atoms with Crippen LogP contribution >= 0.6 is 0 Å². The van der Waals surface area contributed by atoms with Crippen molar-refractivity contribution in [2.75, 3.05) is 25.0 Å². The molecular weight excluding hydrogens is 369 g/mol. The van der Waals surface area contributed by atoms with E-state index in [0.29, 0.717) is 37.2 Å². The number of anilines is 1. The van der Waals surface area contributed by atoms with Gasteiger partial charge >= 0.3 is 0 Å². The predicted molar refractivity (Wildman–Crippen MR) is 99.4 cm³/mol. The molecule has 0 radical (unpaired) electrons. The molecule has 1 amide bonds. The number of carbonyl (C=O) groups excluding carboxylic acids is 1. The Labute approximate surface area is 158 Å². The second-order valence-electron chi connectivity index (χ2n) is 7.07. The van der Waals surface area contributed by atoms with Crippen molar-refractivity contribution in [2.24, 2.45) is 0 Å². The molecule has 6 nitrogen and oxygen atoms in total. The number of sulfonamides is 1. The molecule has 1 saturated heterocycles. The molecule has 27 heavy (non-hydrogen) atoms. The minimum atomic E-state index is -3.71. The van der Waals surface area contributed by atoms with E-state index in [-0.39, 0.29) is 17.3 Å². The number of halogens is 1. The van der Waals surface area contributed by atoms with Gasteiger partial charge in [-0.15, -0.1) is 4.72 Å². The van der Waals surface area contributed by atoms with Crippen LogP contribution in [-0.4, -0.2) is 40.5 Å². The Morgan fingerprint density at radius 1 is 1.19 bits per heavy atom. The molecule has 0 aromatic heterocycles. The quantitative estimate of drug-likeness (QED) is 0.734. The van der Waals surface area contributed by atoms with Crippen LogP contribution in [0.1, 0.15) is 23.2 Å². The number of likely N-dealkylation sites (tertiary alicyclic amines) is 1. The first-order chi connectivity index (χ1) is 12.9. The number of benzene rings is 2. The van der Waals surface area contributed by atoms with Crippen molar-refractivity contribution in [3.8, 4) is 0 Å². The van der Waals surface area contributed by atoms with Crippen LogP contribution in [-0.2, 0) is 14.6 Å². The standard InChI is InChI=1S/C19H20FN3O3S/c20-15-8-6-14(7-9-15)18(24)23-11-3-10-19(13-23)12-21-16-4-1-2-5-17(16)27(25,26)22-19/h1-2,4-9H,3,10-13H2,(H2-,21,22,25,26).